The zero-order valence-corrected chi connectivity index (χ0v) is 6.27. The highest BCUT2D eigenvalue weighted by molar-refractivity contribution is 5.85. The summed E-state index contributed by atoms with van der Waals surface area (Å²) >= 11 is 0. The average molecular weight is 160 g/mol. The molecule has 0 aromatic carbocycles. The van der Waals surface area contributed by atoms with Crippen LogP contribution in [-0.4, -0.2) is 4.98 Å². The van der Waals surface area contributed by atoms with Crippen LogP contribution in [0.2, 0.25) is 0 Å². The first-order valence-corrected chi connectivity index (χ1v) is 2.72. The summed E-state index contributed by atoms with van der Waals surface area (Å²) in [5, 5.41) is 0. The molecular formula is C6H10ClN3. The molecule has 4 N–H and O–H groups in total. The minimum atomic E-state index is 0. The number of nitrogens with two attached hydrogens (primary N) is 2. The van der Waals surface area contributed by atoms with Gasteiger partial charge in [-0.25, -0.2) is 0 Å². The smallest absolute Gasteiger partial charge is 0.0503 e. The van der Waals surface area contributed by atoms with E-state index in [4.69, 9.17) is 11.5 Å². The van der Waals surface area contributed by atoms with Gasteiger partial charge in [0.05, 0.1) is 5.69 Å². The third-order valence-electron chi connectivity index (χ3n) is 1.05. The number of anilines is 1. The molecule has 0 saturated carbocycles. The molecule has 0 fully saturated rings. The summed E-state index contributed by atoms with van der Waals surface area (Å²) in [6.45, 7) is 0.498. The molecule has 0 atom stereocenters. The maximum Gasteiger partial charge on any atom is 0.0503 e. The highest BCUT2D eigenvalue weighted by Gasteiger charge is 1.87. The Kier molecular flexibility index (Phi) is 3.76. The monoisotopic (exact) mass is 159 g/mol. The number of rotatable bonds is 1. The van der Waals surface area contributed by atoms with Crippen molar-refractivity contribution in [3.63, 3.8) is 0 Å². The summed E-state index contributed by atoms with van der Waals surface area (Å²) in [4.78, 5) is 3.85. The lowest BCUT2D eigenvalue weighted by Gasteiger charge is -1.94. The molecule has 3 nitrogen and oxygen atoms in total. The Bertz CT molecular complexity index is 202. The molecule has 1 rings (SSSR count). The summed E-state index contributed by atoms with van der Waals surface area (Å²) in [6.07, 6.45) is 3.30. The fraction of sp³-hybridized carbons (Fsp3) is 0.167. The van der Waals surface area contributed by atoms with Crippen molar-refractivity contribution in [2.24, 2.45) is 5.73 Å². The Morgan fingerprint density at radius 2 is 2.10 bits per heavy atom. The molecule has 0 spiro atoms. The maximum atomic E-state index is 5.42. The Labute approximate surface area is 65.8 Å². The third-order valence-corrected chi connectivity index (χ3v) is 1.05. The van der Waals surface area contributed by atoms with Gasteiger partial charge in [0.2, 0.25) is 0 Å². The quantitative estimate of drug-likeness (QED) is 0.629. The van der Waals surface area contributed by atoms with Crippen molar-refractivity contribution in [1.82, 2.24) is 4.98 Å². The summed E-state index contributed by atoms with van der Waals surface area (Å²) < 4.78 is 0. The first-order valence-electron chi connectivity index (χ1n) is 2.72. The molecule has 10 heavy (non-hydrogen) atoms. The van der Waals surface area contributed by atoms with Gasteiger partial charge >= 0.3 is 0 Å². The Morgan fingerprint density at radius 1 is 1.40 bits per heavy atom. The van der Waals surface area contributed by atoms with Crippen molar-refractivity contribution in [1.29, 1.82) is 0 Å². The summed E-state index contributed by atoms with van der Waals surface area (Å²) in [5.41, 5.74) is 12.4. The largest absolute Gasteiger partial charge is 0.397 e. The van der Waals surface area contributed by atoms with Gasteiger partial charge in [0.15, 0.2) is 0 Å². The predicted octanol–water partition coefficient (Wildman–Crippen LogP) is 0.544. The molecule has 0 saturated heterocycles. The van der Waals surface area contributed by atoms with Crippen LogP contribution in [0.25, 0.3) is 0 Å². The van der Waals surface area contributed by atoms with E-state index < -0.39 is 0 Å². The number of hydrogen-bond donors (Lipinski definition) is 2. The highest BCUT2D eigenvalue weighted by Crippen LogP contribution is 2.01. The van der Waals surface area contributed by atoms with Crippen LogP contribution in [0.3, 0.4) is 0 Å². The lowest BCUT2D eigenvalue weighted by molar-refractivity contribution is 1.05. The predicted molar refractivity (Wildman–Crippen MR) is 43.8 cm³/mol. The minimum absolute atomic E-state index is 0. The number of halogens is 1. The molecule has 0 amide bonds. The Hall–Kier alpha value is -0.800. The van der Waals surface area contributed by atoms with Crippen LogP contribution in [0.4, 0.5) is 5.69 Å². The van der Waals surface area contributed by atoms with E-state index in [0.717, 1.165) is 5.56 Å². The molecule has 56 valence electrons. The maximum absolute atomic E-state index is 5.42. The molecule has 0 bridgehead atoms. The van der Waals surface area contributed by atoms with Crippen molar-refractivity contribution in [2.45, 2.75) is 6.54 Å². The SMILES string of the molecule is Cl.NCc1cncc(N)c1. The number of aromatic nitrogens is 1. The highest BCUT2D eigenvalue weighted by atomic mass is 35.5. The van der Waals surface area contributed by atoms with Gasteiger partial charge < -0.3 is 11.5 Å². The molecule has 1 aromatic heterocycles. The van der Waals surface area contributed by atoms with Crippen LogP contribution in [0.1, 0.15) is 5.56 Å². The lowest BCUT2D eigenvalue weighted by atomic mass is 10.3. The number of nitrogen functional groups attached to an aromatic ring is 1. The van der Waals surface area contributed by atoms with E-state index in [-0.39, 0.29) is 12.4 Å². The van der Waals surface area contributed by atoms with Gasteiger partial charge in [-0.05, 0) is 11.6 Å². The van der Waals surface area contributed by atoms with Crippen LogP contribution in [0, 0.1) is 0 Å². The van der Waals surface area contributed by atoms with Gasteiger partial charge in [-0.1, -0.05) is 0 Å². The average Bonchev–Trinajstić information content (AvgIpc) is 1.88. The minimum Gasteiger partial charge on any atom is -0.397 e. The Morgan fingerprint density at radius 3 is 2.50 bits per heavy atom. The fourth-order valence-corrected chi connectivity index (χ4v) is 0.619. The van der Waals surface area contributed by atoms with Crippen molar-refractivity contribution >= 4 is 18.1 Å². The van der Waals surface area contributed by atoms with Gasteiger partial charge in [-0.3, -0.25) is 4.98 Å². The molecule has 0 radical (unpaired) electrons. The van der Waals surface area contributed by atoms with Gasteiger partial charge in [0, 0.05) is 18.9 Å². The molecule has 0 aliphatic rings. The van der Waals surface area contributed by atoms with Gasteiger partial charge in [0.1, 0.15) is 0 Å². The molecule has 0 unspecified atom stereocenters. The van der Waals surface area contributed by atoms with Crippen molar-refractivity contribution < 1.29 is 0 Å². The van der Waals surface area contributed by atoms with E-state index in [1.54, 1.807) is 12.4 Å². The first-order chi connectivity index (χ1) is 4.33. The summed E-state index contributed by atoms with van der Waals surface area (Å²) in [7, 11) is 0. The second-order valence-corrected chi connectivity index (χ2v) is 1.83. The number of hydrogen-bond acceptors (Lipinski definition) is 3. The molecule has 1 heterocycles. The third kappa shape index (κ3) is 2.21. The molecule has 1 aromatic rings. The van der Waals surface area contributed by atoms with E-state index >= 15 is 0 Å². The molecule has 0 aliphatic carbocycles. The molecule has 4 heteroatoms. The summed E-state index contributed by atoms with van der Waals surface area (Å²) in [5.74, 6) is 0. The van der Waals surface area contributed by atoms with Crippen molar-refractivity contribution in [3.8, 4) is 0 Å². The lowest BCUT2D eigenvalue weighted by Crippen LogP contribution is -1.97. The van der Waals surface area contributed by atoms with Gasteiger partial charge in [-0.15, -0.1) is 12.4 Å². The van der Waals surface area contributed by atoms with Crippen molar-refractivity contribution in [3.05, 3.63) is 24.0 Å². The summed E-state index contributed by atoms with van der Waals surface area (Å²) in [6, 6.07) is 1.81. The van der Waals surface area contributed by atoms with Crippen LogP contribution in [-0.2, 0) is 6.54 Å². The number of pyridine rings is 1. The fourth-order valence-electron chi connectivity index (χ4n) is 0.619. The Balaban J connectivity index is 0.000000810. The molecule has 0 aliphatic heterocycles. The van der Waals surface area contributed by atoms with Crippen LogP contribution >= 0.6 is 12.4 Å². The zero-order chi connectivity index (χ0) is 6.69. The topological polar surface area (TPSA) is 64.9 Å². The number of nitrogens with zero attached hydrogens (tertiary/aromatic N) is 1. The second-order valence-electron chi connectivity index (χ2n) is 1.83. The normalized spacial score (nSPS) is 8.50. The van der Waals surface area contributed by atoms with Gasteiger partial charge in [-0.2, -0.15) is 0 Å². The first kappa shape index (κ1) is 9.20. The van der Waals surface area contributed by atoms with E-state index in [0.29, 0.717) is 12.2 Å². The van der Waals surface area contributed by atoms with Gasteiger partial charge in [0.25, 0.3) is 0 Å². The van der Waals surface area contributed by atoms with E-state index in [1.165, 1.54) is 0 Å². The van der Waals surface area contributed by atoms with Crippen molar-refractivity contribution in [2.75, 3.05) is 5.73 Å². The zero-order valence-electron chi connectivity index (χ0n) is 5.45. The van der Waals surface area contributed by atoms with Crippen LogP contribution < -0.4 is 11.5 Å². The van der Waals surface area contributed by atoms with E-state index in [1.807, 2.05) is 6.07 Å². The van der Waals surface area contributed by atoms with E-state index in [2.05, 4.69) is 4.98 Å². The molecular weight excluding hydrogens is 150 g/mol. The van der Waals surface area contributed by atoms with Crippen LogP contribution in [0.5, 0.6) is 0 Å². The standard InChI is InChI=1S/C6H9N3.ClH/c7-2-5-1-6(8)4-9-3-5;/h1,3-4H,2,7-8H2;1H. The van der Waals surface area contributed by atoms with E-state index in [9.17, 15) is 0 Å². The van der Waals surface area contributed by atoms with Crippen LogP contribution in [0.15, 0.2) is 18.5 Å². The second kappa shape index (κ2) is 4.09.